The standard InChI is InChI=1S/C25H20O5/c1-14(2)23(27)29-18-8-10-21-16(13-18)11-15-12-17(26)7-9-20(15)25(21)22-6-4-3-5-19(22)24(28)30-25/h3-10,12-13,16,21,26H,1,11H2,2H3. The van der Waals surface area contributed by atoms with Crippen LogP contribution in [0.3, 0.4) is 0 Å². The number of fused-ring (bicyclic) bond motifs is 6. The topological polar surface area (TPSA) is 72.8 Å². The summed E-state index contributed by atoms with van der Waals surface area (Å²) in [4.78, 5) is 24.8. The van der Waals surface area contributed by atoms with Gasteiger partial charge in [-0.25, -0.2) is 9.59 Å². The van der Waals surface area contributed by atoms with Crippen molar-refractivity contribution in [3.8, 4) is 5.75 Å². The number of phenols is 1. The van der Waals surface area contributed by atoms with E-state index in [1.807, 2.05) is 36.4 Å². The highest BCUT2D eigenvalue weighted by molar-refractivity contribution is 5.96. The minimum Gasteiger partial charge on any atom is -0.508 e. The number of hydrogen-bond acceptors (Lipinski definition) is 5. The Bertz CT molecular complexity index is 1170. The summed E-state index contributed by atoms with van der Waals surface area (Å²) in [6.45, 7) is 5.22. The summed E-state index contributed by atoms with van der Waals surface area (Å²) in [5.41, 5.74) is 2.47. The number of benzene rings is 2. The van der Waals surface area contributed by atoms with E-state index in [1.165, 1.54) is 0 Å². The van der Waals surface area contributed by atoms with Crippen LogP contribution < -0.4 is 0 Å². The molecule has 1 aliphatic heterocycles. The molecule has 5 heteroatoms. The van der Waals surface area contributed by atoms with Gasteiger partial charge in [-0.15, -0.1) is 0 Å². The molecule has 3 aliphatic rings. The Morgan fingerprint density at radius 2 is 2.03 bits per heavy atom. The quantitative estimate of drug-likeness (QED) is 0.605. The highest BCUT2D eigenvalue weighted by Gasteiger charge is 2.57. The first-order valence-electron chi connectivity index (χ1n) is 9.83. The predicted octanol–water partition coefficient (Wildman–Crippen LogP) is 4.17. The number of aromatic hydroxyl groups is 1. The molecule has 1 spiro atoms. The molecule has 2 aromatic carbocycles. The molecule has 0 saturated carbocycles. The number of carbonyl (C=O) groups excluding carboxylic acids is 2. The summed E-state index contributed by atoms with van der Waals surface area (Å²) in [6.07, 6.45) is 6.23. The van der Waals surface area contributed by atoms with Crippen LogP contribution in [0, 0.1) is 11.8 Å². The van der Waals surface area contributed by atoms with Crippen LogP contribution in [0.4, 0.5) is 0 Å². The lowest BCUT2D eigenvalue weighted by Gasteiger charge is -2.45. The van der Waals surface area contributed by atoms with Crippen molar-refractivity contribution in [3.63, 3.8) is 0 Å². The van der Waals surface area contributed by atoms with E-state index in [4.69, 9.17) is 9.47 Å². The van der Waals surface area contributed by atoms with Gasteiger partial charge in [0.1, 0.15) is 11.5 Å². The maximum atomic E-state index is 12.8. The maximum Gasteiger partial charge on any atom is 0.339 e. The summed E-state index contributed by atoms with van der Waals surface area (Å²) in [5, 5.41) is 10.1. The van der Waals surface area contributed by atoms with Gasteiger partial charge in [0.2, 0.25) is 0 Å². The van der Waals surface area contributed by atoms with Gasteiger partial charge in [-0.3, -0.25) is 0 Å². The third kappa shape index (κ3) is 2.55. The normalized spacial score (nSPS) is 25.6. The summed E-state index contributed by atoms with van der Waals surface area (Å²) in [7, 11) is 0. The van der Waals surface area contributed by atoms with Crippen molar-refractivity contribution in [1.82, 2.24) is 0 Å². The van der Waals surface area contributed by atoms with Crippen LogP contribution in [0.25, 0.3) is 0 Å². The zero-order valence-corrected chi connectivity index (χ0v) is 16.4. The number of ether oxygens (including phenoxy) is 2. The Kier molecular flexibility index (Phi) is 3.97. The molecule has 2 aromatic rings. The van der Waals surface area contributed by atoms with Crippen LogP contribution in [0.15, 0.2) is 78.6 Å². The molecular weight excluding hydrogens is 380 g/mol. The molecule has 5 nitrogen and oxygen atoms in total. The maximum absolute atomic E-state index is 12.8. The molecule has 0 bridgehead atoms. The zero-order chi connectivity index (χ0) is 21.0. The summed E-state index contributed by atoms with van der Waals surface area (Å²) in [6, 6.07) is 12.6. The van der Waals surface area contributed by atoms with Crippen LogP contribution in [0.1, 0.15) is 34.0 Å². The average molecular weight is 400 g/mol. The van der Waals surface area contributed by atoms with Gasteiger partial charge >= 0.3 is 11.9 Å². The number of hydrogen-bond donors (Lipinski definition) is 1. The lowest BCUT2D eigenvalue weighted by molar-refractivity contribution is -0.134. The van der Waals surface area contributed by atoms with Gasteiger partial charge in [0.25, 0.3) is 0 Å². The van der Waals surface area contributed by atoms with E-state index < -0.39 is 11.6 Å². The highest BCUT2D eigenvalue weighted by Crippen LogP contribution is 2.56. The van der Waals surface area contributed by atoms with E-state index in [9.17, 15) is 14.7 Å². The Labute approximate surface area is 173 Å². The molecule has 5 rings (SSSR count). The molecule has 1 heterocycles. The van der Waals surface area contributed by atoms with Gasteiger partial charge in [-0.05, 0) is 55.2 Å². The minimum absolute atomic E-state index is 0.0869. The lowest BCUT2D eigenvalue weighted by atomic mass is 9.62. The smallest absolute Gasteiger partial charge is 0.339 e. The molecule has 0 aromatic heterocycles. The zero-order valence-electron chi connectivity index (χ0n) is 16.4. The van der Waals surface area contributed by atoms with Gasteiger partial charge in [0.05, 0.1) is 5.56 Å². The van der Waals surface area contributed by atoms with Crippen molar-refractivity contribution in [2.75, 3.05) is 0 Å². The lowest BCUT2D eigenvalue weighted by Crippen LogP contribution is -2.45. The van der Waals surface area contributed by atoms with Crippen LogP contribution in [0.2, 0.25) is 0 Å². The summed E-state index contributed by atoms with van der Waals surface area (Å²) >= 11 is 0. The van der Waals surface area contributed by atoms with Gasteiger partial charge in [-0.2, -0.15) is 0 Å². The third-order valence-corrected chi connectivity index (χ3v) is 6.08. The number of esters is 2. The van der Waals surface area contributed by atoms with E-state index in [0.717, 1.165) is 16.7 Å². The van der Waals surface area contributed by atoms with Crippen LogP contribution in [-0.4, -0.2) is 17.0 Å². The number of rotatable bonds is 2. The largest absolute Gasteiger partial charge is 0.508 e. The Balaban J connectivity index is 1.67. The van der Waals surface area contributed by atoms with Crippen molar-refractivity contribution >= 4 is 11.9 Å². The van der Waals surface area contributed by atoms with Crippen molar-refractivity contribution in [1.29, 1.82) is 0 Å². The molecule has 30 heavy (non-hydrogen) atoms. The van der Waals surface area contributed by atoms with Gasteiger partial charge in [0.15, 0.2) is 5.60 Å². The summed E-state index contributed by atoms with van der Waals surface area (Å²) in [5.74, 6) is -0.497. The molecule has 3 unspecified atom stereocenters. The van der Waals surface area contributed by atoms with E-state index in [2.05, 4.69) is 6.58 Å². The van der Waals surface area contributed by atoms with E-state index >= 15 is 0 Å². The fourth-order valence-corrected chi connectivity index (χ4v) is 4.83. The monoisotopic (exact) mass is 400 g/mol. The molecule has 0 radical (unpaired) electrons. The van der Waals surface area contributed by atoms with Crippen molar-refractivity contribution in [3.05, 3.63) is 101 Å². The number of allylic oxidation sites excluding steroid dienone is 2. The molecule has 0 amide bonds. The molecule has 150 valence electrons. The van der Waals surface area contributed by atoms with Crippen molar-refractivity contribution < 1.29 is 24.2 Å². The molecule has 0 fully saturated rings. The minimum atomic E-state index is -0.990. The Morgan fingerprint density at radius 1 is 1.23 bits per heavy atom. The Hall–Kier alpha value is -3.60. The van der Waals surface area contributed by atoms with E-state index in [0.29, 0.717) is 23.3 Å². The second-order valence-electron chi connectivity index (χ2n) is 8.00. The molecular formula is C25H20O5. The van der Waals surface area contributed by atoms with E-state index in [-0.39, 0.29) is 23.6 Å². The van der Waals surface area contributed by atoms with Gasteiger partial charge in [0, 0.05) is 22.6 Å². The Morgan fingerprint density at radius 3 is 2.83 bits per heavy atom. The summed E-state index contributed by atoms with van der Waals surface area (Å²) < 4.78 is 11.6. The first kappa shape index (κ1) is 18.4. The fourth-order valence-electron chi connectivity index (χ4n) is 4.83. The van der Waals surface area contributed by atoms with Crippen molar-refractivity contribution in [2.45, 2.75) is 18.9 Å². The molecule has 1 N–H and O–H groups in total. The first-order valence-corrected chi connectivity index (χ1v) is 9.83. The molecule has 2 aliphatic carbocycles. The van der Waals surface area contributed by atoms with Crippen molar-refractivity contribution in [2.24, 2.45) is 11.8 Å². The van der Waals surface area contributed by atoms with Gasteiger partial charge < -0.3 is 14.6 Å². The van der Waals surface area contributed by atoms with Gasteiger partial charge in [-0.1, -0.05) is 36.9 Å². The second-order valence-corrected chi connectivity index (χ2v) is 8.00. The third-order valence-electron chi connectivity index (χ3n) is 6.08. The van der Waals surface area contributed by atoms with Crippen LogP contribution >= 0.6 is 0 Å². The molecule has 0 saturated heterocycles. The number of phenolic OH excluding ortho intramolecular Hbond substituents is 1. The first-order chi connectivity index (χ1) is 14.4. The fraction of sp³-hybridized carbons (Fsp3) is 0.200. The predicted molar refractivity (Wildman–Crippen MR) is 110 cm³/mol. The number of carbonyl (C=O) groups is 2. The highest BCUT2D eigenvalue weighted by atomic mass is 16.6. The molecule has 3 atom stereocenters. The van der Waals surface area contributed by atoms with E-state index in [1.54, 1.807) is 31.2 Å². The van der Waals surface area contributed by atoms with Crippen LogP contribution in [0.5, 0.6) is 5.75 Å². The second kappa shape index (κ2) is 6.46. The van der Waals surface area contributed by atoms with Crippen LogP contribution in [-0.2, 0) is 26.3 Å². The average Bonchev–Trinajstić information content (AvgIpc) is 3.01. The SMILES string of the molecule is C=C(C)C(=O)OC1=CC2Cc3cc(O)ccc3C3(OC(=O)c4ccccc43)C2C=C1.